The van der Waals surface area contributed by atoms with Gasteiger partial charge in [-0.2, -0.15) is 4.40 Å². The summed E-state index contributed by atoms with van der Waals surface area (Å²) in [7, 11) is 3.37. The van der Waals surface area contributed by atoms with Crippen LogP contribution in [0, 0.1) is 13.8 Å². The van der Waals surface area contributed by atoms with E-state index in [1.165, 1.54) is 44.2 Å². The van der Waals surface area contributed by atoms with Gasteiger partial charge in [-0.3, -0.25) is 0 Å². The second-order valence-electron chi connectivity index (χ2n) is 9.28. The minimum atomic E-state index is 0. The summed E-state index contributed by atoms with van der Waals surface area (Å²) in [5.74, 6) is 1.50. The van der Waals surface area contributed by atoms with E-state index >= 15 is 0 Å². The number of nitrogens with zero attached hydrogens (tertiary/aromatic N) is 1. The molecule has 0 aliphatic heterocycles. The largest absolute Gasteiger partial charge is 1.00 e. The summed E-state index contributed by atoms with van der Waals surface area (Å²) in [5, 5.41) is 4.62. The number of aromatic nitrogens is 1. The highest BCUT2D eigenvalue weighted by molar-refractivity contribution is 6.05. The number of rotatable bonds is 4. The summed E-state index contributed by atoms with van der Waals surface area (Å²) < 4.78 is 13.5. The smallest absolute Gasteiger partial charge is 0.219 e. The van der Waals surface area contributed by atoms with Crippen LogP contribution in [0.5, 0.6) is 11.5 Å². The van der Waals surface area contributed by atoms with Gasteiger partial charge < -0.3 is 21.9 Å². The van der Waals surface area contributed by atoms with Gasteiger partial charge >= 0.3 is 0 Å². The molecule has 184 valence electrons. The van der Waals surface area contributed by atoms with Gasteiger partial charge in [0.1, 0.15) is 0 Å². The second-order valence-corrected chi connectivity index (χ2v) is 9.28. The Morgan fingerprint density at radius 3 is 2.05 bits per heavy atom. The number of pyridine rings is 2. The van der Waals surface area contributed by atoms with Crippen LogP contribution in [0.25, 0.3) is 49.3 Å². The predicted octanol–water partition coefficient (Wildman–Crippen LogP) is 4.70. The van der Waals surface area contributed by atoms with Gasteiger partial charge in [0.25, 0.3) is 0 Å². The standard InChI is InChI=1S/C33H28NO2.ClH/c1-21-18-26-20-34-17-16-28-27(14-15-31(35-3)33(28)36-4)30(34)19-29(26)32(22(21)2)25-12-10-24(11-13-25)23-8-6-5-7-9-23;/h5-20H,1-4H3;1H/q+1;/p-1. The SMILES string of the molecule is COc1ccc2c(cc[n+]3cc4cc(C)c(C)c(-c5ccc(-c6ccccc6)cc5)c4cc23)c1OC.[Cl-]. The fourth-order valence-electron chi connectivity index (χ4n) is 5.32. The summed E-state index contributed by atoms with van der Waals surface area (Å²) in [4.78, 5) is 0. The third-order valence-corrected chi connectivity index (χ3v) is 7.30. The molecule has 0 N–H and O–H groups in total. The maximum atomic E-state index is 5.73. The highest BCUT2D eigenvalue weighted by Crippen LogP contribution is 2.39. The molecule has 0 amide bonds. The van der Waals surface area contributed by atoms with Crippen molar-refractivity contribution in [1.29, 1.82) is 0 Å². The molecule has 0 unspecified atom stereocenters. The van der Waals surface area contributed by atoms with Crippen molar-refractivity contribution in [2.24, 2.45) is 0 Å². The number of fused-ring (bicyclic) bond motifs is 4. The number of hydrogen-bond donors (Lipinski definition) is 0. The number of halogens is 1. The summed E-state index contributed by atoms with van der Waals surface area (Å²) in [6, 6.07) is 30.3. The quantitative estimate of drug-likeness (QED) is 0.197. The lowest BCUT2D eigenvalue weighted by atomic mass is 9.90. The molecular weight excluding hydrogens is 478 g/mol. The average molecular weight is 506 g/mol. The van der Waals surface area contributed by atoms with Crippen molar-refractivity contribution in [1.82, 2.24) is 0 Å². The maximum Gasteiger partial charge on any atom is 0.219 e. The van der Waals surface area contributed by atoms with Crippen LogP contribution >= 0.6 is 0 Å². The van der Waals surface area contributed by atoms with E-state index in [2.05, 4.69) is 110 Å². The summed E-state index contributed by atoms with van der Waals surface area (Å²) in [6.07, 6.45) is 4.33. The van der Waals surface area contributed by atoms with Crippen LogP contribution in [-0.4, -0.2) is 14.2 Å². The van der Waals surface area contributed by atoms with E-state index in [9.17, 15) is 0 Å². The lowest BCUT2D eigenvalue weighted by Gasteiger charge is -2.15. The van der Waals surface area contributed by atoms with E-state index < -0.39 is 0 Å². The van der Waals surface area contributed by atoms with E-state index in [4.69, 9.17) is 9.47 Å². The van der Waals surface area contributed by atoms with Crippen LogP contribution in [0.1, 0.15) is 11.1 Å². The van der Waals surface area contributed by atoms with Crippen molar-refractivity contribution in [3.63, 3.8) is 0 Å². The van der Waals surface area contributed by atoms with Crippen molar-refractivity contribution >= 4 is 27.1 Å². The molecule has 37 heavy (non-hydrogen) atoms. The molecule has 2 heterocycles. The molecule has 0 aliphatic carbocycles. The molecule has 4 heteroatoms. The van der Waals surface area contributed by atoms with E-state index in [0.717, 1.165) is 27.8 Å². The van der Waals surface area contributed by atoms with Crippen molar-refractivity contribution in [2.75, 3.05) is 14.2 Å². The Bertz CT molecular complexity index is 1760. The zero-order valence-corrected chi connectivity index (χ0v) is 22.1. The van der Waals surface area contributed by atoms with Crippen molar-refractivity contribution in [3.05, 3.63) is 108 Å². The number of methoxy groups -OCH3 is 2. The van der Waals surface area contributed by atoms with Gasteiger partial charge in [-0.25, -0.2) is 0 Å². The Kier molecular flexibility index (Phi) is 6.49. The van der Waals surface area contributed by atoms with Crippen molar-refractivity contribution < 1.29 is 26.3 Å². The molecule has 0 spiro atoms. The first kappa shape index (κ1) is 24.6. The van der Waals surface area contributed by atoms with Crippen LogP contribution in [0.4, 0.5) is 0 Å². The van der Waals surface area contributed by atoms with Crippen molar-refractivity contribution in [3.8, 4) is 33.8 Å². The summed E-state index contributed by atoms with van der Waals surface area (Å²) in [5.41, 5.74) is 8.69. The van der Waals surface area contributed by atoms with Gasteiger partial charge in [-0.1, -0.05) is 54.6 Å². The van der Waals surface area contributed by atoms with E-state index in [1.54, 1.807) is 14.2 Å². The molecule has 6 rings (SSSR count). The zero-order valence-electron chi connectivity index (χ0n) is 21.4. The molecular formula is C33H28ClNO2. The number of ether oxygens (including phenoxy) is 2. The fraction of sp³-hybridized carbons (Fsp3) is 0.121. The fourth-order valence-corrected chi connectivity index (χ4v) is 5.32. The van der Waals surface area contributed by atoms with Gasteiger partial charge in [-0.15, -0.1) is 0 Å². The molecule has 0 saturated heterocycles. The van der Waals surface area contributed by atoms with Crippen LogP contribution < -0.4 is 26.3 Å². The van der Waals surface area contributed by atoms with E-state index in [-0.39, 0.29) is 12.4 Å². The Labute approximate surface area is 223 Å². The Morgan fingerprint density at radius 1 is 0.649 bits per heavy atom. The molecule has 0 bridgehead atoms. The predicted molar refractivity (Wildman–Crippen MR) is 148 cm³/mol. The lowest BCUT2D eigenvalue weighted by molar-refractivity contribution is -0.509. The number of benzene rings is 4. The third-order valence-electron chi connectivity index (χ3n) is 7.30. The van der Waals surface area contributed by atoms with Crippen LogP contribution in [0.2, 0.25) is 0 Å². The molecule has 0 atom stereocenters. The average Bonchev–Trinajstić information content (AvgIpc) is 2.92. The first-order chi connectivity index (χ1) is 17.6. The van der Waals surface area contributed by atoms with E-state index in [0.29, 0.717) is 0 Å². The van der Waals surface area contributed by atoms with Gasteiger partial charge in [0, 0.05) is 28.3 Å². The zero-order chi connectivity index (χ0) is 24.8. The molecule has 0 radical (unpaired) electrons. The number of hydrogen-bond acceptors (Lipinski definition) is 2. The Balaban J connectivity index is 0.00000280. The maximum absolute atomic E-state index is 5.73. The van der Waals surface area contributed by atoms with Gasteiger partial charge in [0.15, 0.2) is 23.9 Å². The molecule has 0 fully saturated rings. The molecule has 0 aliphatic rings. The summed E-state index contributed by atoms with van der Waals surface area (Å²) >= 11 is 0. The van der Waals surface area contributed by atoms with Gasteiger partial charge in [0.05, 0.1) is 19.6 Å². The molecule has 4 aromatic carbocycles. The Morgan fingerprint density at radius 2 is 1.35 bits per heavy atom. The first-order valence-electron chi connectivity index (χ1n) is 12.2. The lowest BCUT2D eigenvalue weighted by Crippen LogP contribution is -3.00. The topological polar surface area (TPSA) is 22.6 Å². The third kappa shape index (κ3) is 4.06. The first-order valence-corrected chi connectivity index (χ1v) is 12.2. The minimum absolute atomic E-state index is 0. The van der Waals surface area contributed by atoms with Crippen LogP contribution in [-0.2, 0) is 0 Å². The number of aryl methyl sites for hydroxylation is 1. The highest BCUT2D eigenvalue weighted by atomic mass is 35.5. The van der Waals surface area contributed by atoms with Crippen LogP contribution in [0.3, 0.4) is 0 Å². The van der Waals surface area contributed by atoms with Crippen LogP contribution in [0.15, 0.2) is 97.3 Å². The Hall–Kier alpha value is -4.08. The van der Waals surface area contributed by atoms with E-state index in [1.807, 2.05) is 6.07 Å². The normalized spacial score (nSPS) is 11.0. The van der Waals surface area contributed by atoms with Gasteiger partial charge in [0.2, 0.25) is 5.52 Å². The molecule has 3 nitrogen and oxygen atoms in total. The second kappa shape index (κ2) is 9.76. The highest BCUT2D eigenvalue weighted by Gasteiger charge is 2.19. The summed E-state index contributed by atoms with van der Waals surface area (Å²) in [6.45, 7) is 4.42. The molecule has 2 aromatic heterocycles. The van der Waals surface area contributed by atoms with Gasteiger partial charge in [-0.05, 0) is 65.4 Å². The molecule has 0 saturated carbocycles. The minimum Gasteiger partial charge on any atom is -1.00 e. The monoisotopic (exact) mass is 505 g/mol. The van der Waals surface area contributed by atoms with Crippen molar-refractivity contribution in [2.45, 2.75) is 13.8 Å². The molecule has 6 aromatic rings.